The van der Waals surface area contributed by atoms with E-state index in [0.717, 1.165) is 17.8 Å². The monoisotopic (exact) mass is 326 g/mol. The zero-order valence-electron chi connectivity index (χ0n) is 11.6. The molecule has 0 radical (unpaired) electrons. The fourth-order valence-electron chi connectivity index (χ4n) is 3.58. The lowest BCUT2D eigenvalue weighted by molar-refractivity contribution is 0.480. The van der Waals surface area contributed by atoms with Crippen molar-refractivity contribution in [2.24, 2.45) is 17.8 Å². The molecule has 18 heavy (non-hydrogen) atoms. The Morgan fingerprint density at radius 2 is 1.78 bits per heavy atom. The van der Waals surface area contributed by atoms with Crippen molar-refractivity contribution in [3.05, 3.63) is 21.9 Å². The molecule has 0 nitrogen and oxygen atoms in total. The average molecular weight is 327 g/mol. The van der Waals surface area contributed by atoms with E-state index in [2.05, 4.69) is 48.8 Å². The molecule has 0 aromatic carbocycles. The van der Waals surface area contributed by atoms with Gasteiger partial charge in [-0.2, -0.15) is 0 Å². The lowest BCUT2D eigenvalue weighted by atomic mass is 9.95. The van der Waals surface area contributed by atoms with Crippen molar-refractivity contribution < 1.29 is 0 Å². The maximum atomic E-state index is 3.99. The molecule has 2 heteroatoms. The van der Waals surface area contributed by atoms with Gasteiger partial charge in [0.1, 0.15) is 0 Å². The molecule has 0 amide bonds. The molecule has 1 heterocycles. The Balaban J connectivity index is 1.73. The summed E-state index contributed by atoms with van der Waals surface area (Å²) in [6.45, 7) is 6.92. The number of halogens is 1. The van der Waals surface area contributed by atoms with Crippen LogP contribution in [0.4, 0.5) is 0 Å². The van der Waals surface area contributed by atoms with Crippen LogP contribution < -0.4 is 0 Å². The molecular weight excluding hydrogens is 304 g/mol. The Hall–Kier alpha value is 0.180. The minimum atomic E-state index is 0.298. The molecule has 1 aromatic rings. The third kappa shape index (κ3) is 2.31. The highest BCUT2D eigenvalue weighted by molar-refractivity contribution is 9.09. The van der Waals surface area contributed by atoms with Crippen LogP contribution in [-0.2, 0) is 5.41 Å². The van der Waals surface area contributed by atoms with Crippen LogP contribution in [0, 0.1) is 17.8 Å². The first-order valence-electron chi connectivity index (χ1n) is 7.23. The van der Waals surface area contributed by atoms with Crippen LogP contribution in [0.1, 0.15) is 61.0 Å². The molecule has 0 spiro atoms. The van der Waals surface area contributed by atoms with Crippen LogP contribution in [0.3, 0.4) is 0 Å². The van der Waals surface area contributed by atoms with Crippen LogP contribution in [-0.4, -0.2) is 0 Å². The first kappa shape index (κ1) is 13.2. The summed E-state index contributed by atoms with van der Waals surface area (Å²) in [6.07, 6.45) is 5.90. The van der Waals surface area contributed by atoms with Crippen LogP contribution >= 0.6 is 27.3 Å². The van der Waals surface area contributed by atoms with E-state index in [9.17, 15) is 0 Å². The number of fused-ring (bicyclic) bond motifs is 1. The average Bonchev–Trinajstić information content (AvgIpc) is 2.81. The maximum Gasteiger partial charge on any atom is 0.0522 e. The summed E-state index contributed by atoms with van der Waals surface area (Å²) in [5.41, 5.74) is 0.298. The fourth-order valence-corrected chi connectivity index (χ4v) is 5.89. The van der Waals surface area contributed by atoms with Gasteiger partial charge in [0, 0.05) is 9.75 Å². The Labute approximate surface area is 123 Å². The van der Waals surface area contributed by atoms with Crippen LogP contribution in [0.25, 0.3) is 0 Å². The molecule has 3 rings (SSSR count). The van der Waals surface area contributed by atoms with Gasteiger partial charge in [-0.3, -0.25) is 0 Å². The van der Waals surface area contributed by atoms with Gasteiger partial charge < -0.3 is 0 Å². The summed E-state index contributed by atoms with van der Waals surface area (Å²) in [5.74, 6) is 2.99. The number of thiophene rings is 1. The molecule has 2 fully saturated rings. The first-order valence-corrected chi connectivity index (χ1v) is 8.96. The summed E-state index contributed by atoms with van der Waals surface area (Å²) in [5, 5.41) is 0. The van der Waals surface area contributed by atoms with Gasteiger partial charge in [0.25, 0.3) is 0 Å². The highest BCUT2D eigenvalue weighted by Crippen LogP contribution is 2.63. The number of hydrogen-bond acceptors (Lipinski definition) is 1. The molecule has 2 aliphatic rings. The first-order chi connectivity index (χ1) is 8.48. The van der Waals surface area contributed by atoms with Crippen LogP contribution in [0.2, 0.25) is 0 Å². The van der Waals surface area contributed by atoms with Gasteiger partial charge in [-0.25, -0.2) is 0 Å². The third-order valence-corrected chi connectivity index (χ3v) is 7.70. The summed E-state index contributed by atoms with van der Waals surface area (Å²) < 4.78 is 0. The van der Waals surface area contributed by atoms with E-state index in [0.29, 0.717) is 10.2 Å². The summed E-state index contributed by atoms with van der Waals surface area (Å²) in [4.78, 5) is 3.69. The van der Waals surface area contributed by atoms with Gasteiger partial charge in [-0.15, -0.1) is 11.3 Å². The topological polar surface area (TPSA) is 0 Å². The molecule has 2 aliphatic carbocycles. The van der Waals surface area contributed by atoms with Gasteiger partial charge in [0.05, 0.1) is 4.83 Å². The zero-order valence-corrected chi connectivity index (χ0v) is 14.0. The van der Waals surface area contributed by atoms with Crippen molar-refractivity contribution in [1.29, 1.82) is 0 Å². The highest BCUT2D eigenvalue weighted by Gasteiger charge is 2.54. The lowest BCUT2D eigenvalue weighted by Crippen LogP contribution is -2.07. The van der Waals surface area contributed by atoms with Crippen molar-refractivity contribution in [2.45, 2.75) is 56.7 Å². The summed E-state index contributed by atoms with van der Waals surface area (Å²) >= 11 is 6.01. The van der Waals surface area contributed by atoms with E-state index in [4.69, 9.17) is 0 Å². The van der Waals surface area contributed by atoms with Gasteiger partial charge in [-0.05, 0) is 48.1 Å². The van der Waals surface area contributed by atoms with Gasteiger partial charge in [0.2, 0.25) is 0 Å². The smallest absolute Gasteiger partial charge is 0.0522 e. The Morgan fingerprint density at radius 1 is 1.17 bits per heavy atom. The standard InChI is InChI=1S/C16H23BrS/c1-16(2,3)13-9-8-12(18-13)15(17)14-10-6-4-5-7-11(10)14/h8-11,14-15H,4-7H2,1-3H3. The van der Waals surface area contributed by atoms with Crippen molar-refractivity contribution in [3.63, 3.8) is 0 Å². The van der Waals surface area contributed by atoms with Crippen LogP contribution in [0.5, 0.6) is 0 Å². The zero-order chi connectivity index (χ0) is 12.9. The molecule has 0 bridgehead atoms. The highest BCUT2D eigenvalue weighted by atomic mass is 79.9. The SMILES string of the molecule is CC(C)(C)c1ccc(C(Br)C2C3CCCCC32)s1. The summed E-state index contributed by atoms with van der Waals surface area (Å²) in [7, 11) is 0. The van der Waals surface area contributed by atoms with E-state index in [1.165, 1.54) is 30.6 Å². The van der Waals surface area contributed by atoms with E-state index in [1.807, 2.05) is 11.3 Å². The molecule has 2 saturated carbocycles. The predicted molar refractivity (Wildman–Crippen MR) is 83.6 cm³/mol. The Kier molecular flexibility index (Phi) is 3.39. The maximum absolute atomic E-state index is 3.99. The Bertz CT molecular complexity index is 417. The second kappa shape index (κ2) is 4.63. The Morgan fingerprint density at radius 3 is 2.28 bits per heavy atom. The van der Waals surface area contributed by atoms with Gasteiger partial charge >= 0.3 is 0 Å². The third-order valence-electron chi connectivity index (χ3n) is 4.70. The second-order valence-electron chi connectivity index (χ2n) is 7.04. The quantitative estimate of drug-likeness (QED) is 0.592. The molecule has 0 aliphatic heterocycles. The molecule has 3 atom stereocenters. The molecular formula is C16H23BrS. The van der Waals surface area contributed by atoms with Crippen LogP contribution in [0.15, 0.2) is 12.1 Å². The van der Waals surface area contributed by atoms with Gasteiger partial charge in [0.15, 0.2) is 0 Å². The van der Waals surface area contributed by atoms with E-state index in [1.54, 1.807) is 4.88 Å². The van der Waals surface area contributed by atoms with Crippen molar-refractivity contribution in [1.82, 2.24) is 0 Å². The lowest BCUT2D eigenvalue weighted by Gasteiger charge is -2.15. The summed E-state index contributed by atoms with van der Waals surface area (Å²) in [6, 6.07) is 4.69. The molecule has 0 saturated heterocycles. The number of alkyl halides is 1. The second-order valence-corrected chi connectivity index (χ2v) is 9.15. The van der Waals surface area contributed by atoms with E-state index >= 15 is 0 Å². The predicted octanol–water partition coefficient (Wildman–Crippen LogP) is 5.92. The fraction of sp³-hybridized carbons (Fsp3) is 0.750. The number of hydrogen-bond donors (Lipinski definition) is 0. The van der Waals surface area contributed by atoms with E-state index in [-0.39, 0.29) is 0 Å². The van der Waals surface area contributed by atoms with Gasteiger partial charge in [-0.1, -0.05) is 49.5 Å². The molecule has 1 aromatic heterocycles. The minimum Gasteiger partial charge on any atom is -0.144 e. The minimum absolute atomic E-state index is 0.298. The van der Waals surface area contributed by atoms with E-state index < -0.39 is 0 Å². The number of rotatable bonds is 2. The van der Waals surface area contributed by atoms with Crippen molar-refractivity contribution >= 4 is 27.3 Å². The van der Waals surface area contributed by atoms with Crippen molar-refractivity contribution in [3.8, 4) is 0 Å². The molecule has 3 unspecified atom stereocenters. The normalized spacial score (nSPS) is 33.0. The molecule has 100 valence electrons. The largest absolute Gasteiger partial charge is 0.144 e. The van der Waals surface area contributed by atoms with Crippen molar-refractivity contribution in [2.75, 3.05) is 0 Å². The molecule has 0 N–H and O–H groups in total.